The van der Waals surface area contributed by atoms with Gasteiger partial charge >= 0.3 is 0 Å². The second-order valence-corrected chi connectivity index (χ2v) is 6.84. The molecule has 0 atom stereocenters. The molecule has 0 radical (unpaired) electrons. The molecule has 15 heavy (non-hydrogen) atoms. The number of nitrogens with one attached hydrogen (secondary N) is 1. The highest BCUT2D eigenvalue weighted by molar-refractivity contribution is 9.12. The van der Waals surface area contributed by atoms with Crippen LogP contribution in [0, 0.1) is 0 Å². The van der Waals surface area contributed by atoms with E-state index in [0.717, 1.165) is 37.6 Å². The molecular weight excluding hydrogens is 342 g/mol. The minimum Gasteiger partial charge on any atom is -0.263 e. The Hall–Kier alpha value is -0.200. The number of nitrogens with zero attached hydrogens (tertiary/aromatic N) is 2. The zero-order valence-corrected chi connectivity index (χ0v) is 12.0. The summed E-state index contributed by atoms with van der Waals surface area (Å²) < 4.78 is 2.13. The molecule has 0 fully saturated rings. The van der Waals surface area contributed by atoms with Crippen molar-refractivity contribution < 1.29 is 0 Å². The second-order valence-electron chi connectivity index (χ2n) is 3.09. The van der Waals surface area contributed by atoms with Crippen molar-refractivity contribution in [2.24, 2.45) is 0 Å². The van der Waals surface area contributed by atoms with Crippen LogP contribution in [0.15, 0.2) is 13.6 Å². The van der Waals surface area contributed by atoms with Crippen molar-refractivity contribution in [1.82, 2.24) is 15.2 Å². The number of aryl methyl sites for hydroxylation is 1. The SMILES string of the molecule is CCCc1nc(-c2cc(Br)sc2Br)n[nH]1. The number of rotatable bonds is 3. The minimum atomic E-state index is 0.757. The van der Waals surface area contributed by atoms with Crippen molar-refractivity contribution in [2.75, 3.05) is 0 Å². The molecule has 2 heterocycles. The lowest BCUT2D eigenvalue weighted by Crippen LogP contribution is -1.85. The number of H-pyrrole nitrogens is 1. The van der Waals surface area contributed by atoms with Gasteiger partial charge in [0.1, 0.15) is 5.82 Å². The fraction of sp³-hybridized carbons (Fsp3) is 0.333. The Balaban J connectivity index is 2.32. The van der Waals surface area contributed by atoms with Gasteiger partial charge in [-0.3, -0.25) is 5.10 Å². The van der Waals surface area contributed by atoms with Gasteiger partial charge in [0.15, 0.2) is 5.82 Å². The van der Waals surface area contributed by atoms with Crippen LogP contribution in [-0.2, 0) is 6.42 Å². The fourth-order valence-electron chi connectivity index (χ4n) is 1.26. The van der Waals surface area contributed by atoms with E-state index in [1.54, 1.807) is 11.3 Å². The van der Waals surface area contributed by atoms with E-state index in [9.17, 15) is 0 Å². The molecule has 0 saturated carbocycles. The first-order valence-corrected chi connectivity index (χ1v) is 6.97. The van der Waals surface area contributed by atoms with E-state index in [2.05, 4.69) is 54.0 Å². The number of thiophene rings is 1. The highest BCUT2D eigenvalue weighted by atomic mass is 79.9. The summed E-state index contributed by atoms with van der Waals surface area (Å²) in [6, 6.07) is 2.02. The van der Waals surface area contributed by atoms with E-state index in [1.807, 2.05) is 6.07 Å². The summed E-state index contributed by atoms with van der Waals surface area (Å²) in [6.45, 7) is 2.12. The summed E-state index contributed by atoms with van der Waals surface area (Å²) in [7, 11) is 0. The second kappa shape index (κ2) is 4.76. The molecule has 3 nitrogen and oxygen atoms in total. The van der Waals surface area contributed by atoms with Crippen LogP contribution in [-0.4, -0.2) is 15.2 Å². The number of hydrogen-bond acceptors (Lipinski definition) is 3. The molecule has 2 rings (SSSR count). The predicted molar refractivity (Wildman–Crippen MR) is 69.1 cm³/mol. The monoisotopic (exact) mass is 349 g/mol. The van der Waals surface area contributed by atoms with Gasteiger partial charge in [-0.15, -0.1) is 11.3 Å². The number of aromatic nitrogens is 3. The lowest BCUT2D eigenvalue weighted by molar-refractivity contribution is 0.841. The minimum absolute atomic E-state index is 0.757. The molecule has 1 N–H and O–H groups in total. The lowest BCUT2D eigenvalue weighted by Gasteiger charge is -1.89. The summed E-state index contributed by atoms with van der Waals surface area (Å²) in [6.07, 6.45) is 2.01. The van der Waals surface area contributed by atoms with Gasteiger partial charge in [0.2, 0.25) is 0 Å². The Morgan fingerprint density at radius 1 is 1.47 bits per heavy atom. The van der Waals surface area contributed by atoms with Crippen LogP contribution in [0.25, 0.3) is 11.4 Å². The zero-order chi connectivity index (χ0) is 10.8. The predicted octanol–water partition coefficient (Wildman–Crippen LogP) is 4.01. The maximum atomic E-state index is 4.43. The molecule has 2 aromatic rings. The van der Waals surface area contributed by atoms with Crippen LogP contribution in [0.4, 0.5) is 0 Å². The molecule has 0 unspecified atom stereocenters. The molecule has 0 aliphatic carbocycles. The average Bonchev–Trinajstić information content (AvgIpc) is 2.73. The maximum Gasteiger partial charge on any atom is 0.183 e. The average molecular weight is 351 g/mol. The van der Waals surface area contributed by atoms with Crippen LogP contribution < -0.4 is 0 Å². The molecule has 0 aliphatic rings. The van der Waals surface area contributed by atoms with Crippen molar-refractivity contribution in [2.45, 2.75) is 19.8 Å². The van der Waals surface area contributed by atoms with Crippen LogP contribution >= 0.6 is 43.2 Å². The molecule has 6 heteroatoms. The van der Waals surface area contributed by atoms with Crippen molar-refractivity contribution in [1.29, 1.82) is 0 Å². The standard InChI is InChI=1S/C9H9Br2N3S/c1-2-3-7-12-9(14-13-7)5-4-6(10)15-8(5)11/h4H,2-3H2,1H3,(H,12,13,14). The zero-order valence-electron chi connectivity index (χ0n) is 8.05. The first kappa shape index (κ1) is 11.3. The van der Waals surface area contributed by atoms with Crippen molar-refractivity contribution in [3.05, 3.63) is 19.5 Å². The molecule has 0 aromatic carbocycles. The van der Waals surface area contributed by atoms with E-state index >= 15 is 0 Å². The Bertz CT molecular complexity index is 464. The Kier molecular flexibility index (Phi) is 3.58. The topological polar surface area (TPSA) is 41.6 Å². The molecule has 0 spiro atoms. The maximum absolute atomic E-state index is 4.43. The largest absolute Gasteiger partial charge is 0.263 e. The molecule has 0 bridgehead atoms. The summed E-state index contributed by atoms with van der Waals surface area (Å²) in [5.41, 5.74) is 1.03. The summed E-state index contributed by atoms with van der Waals surface area (Å²) >= 11 is 8.56. The smallest absolute Gasteiger partial charge is 0.183 e. The first-order valence-electron chi connectivity index (χ1n) is 4.57. The van der Waals surface area contributed by atoms with Gasteiger partial charge in [-0.25, -0.2) is 4.98 Å². The number of hydrogen-bond donors (Lipinski definition) is 1. The summed E-state index contributed by atoms with van der Waals surface area (Å²) in [5.74, 6) is 1.70. The molecule has 80 valence electrons. The first-order chi connectivity index (χ1) is 7.20. The van der Waals surface area contributed by atoms with Crippen LogP contribution in [0.2, 0.25) is 0 Å². The Labute approximate surface area is 109 Å². The Morgan fingerprint density at radius 3 is 2.87 bits per heavy atom. The lowest BCUT2D eigenvalue weighted by atomic mass is 10.3. The molecule has 2 aromatic heterocycles. The Morgan fingerprint density at radius 2 is 2.27 bits per heavy atom. The van der Waals surface area contributed by atoms with E-state index in [-0.39, 0.29) is 0 Å². The molecule has 0 aliphatic heterocycles. The van der Waals surface area contributed by atoms with E-state index in [0.29, 0.717) is 0 Å². The molecule has 0 saturated heterocycles. The van der Waals surface area contributed by atoms with Gasteiger partial charge in [-0.2, -0.15) is 5.10 Å². The van der Waals surface area contributed by atoms with Crippen molar-refractivity contribution in [3.63, 3.8) is 0 Å². The van der Waals surface area contributed by atoms with Gasteiger partial charge in [-0.1, -0.05) is 6.92 Å². The van der Waals surface area contributed by atoms with Gasteiger partial charge in [0, 0.05) is 12.0 Å². The van der Waals surface area contributed by atoms with Gasteiger partial charge < -0.3 is 0 Å². The van der Waals surface area contributed by atoms with Crippen LogP contribution in [0.1, 0.15) is 19.2 Å². The van der Waals surface area contributed by atoms with E-state index in [1.165, 1.54) is 0 Å². The van der Waals surface area contributed by atoms with E-state index < -0.39 is 0 Å². The van der Waals surface area contributed by atoms with Gasteiger partial charge in [0.25, 0.3) is 0 Å². The summed E-state index contributed by atoms with van der Waals surface area (Å²) in [5, 5.41) is 7.15. The normalized spacial score (nSPS) is 10.9. The third-order valence-electron chi connectivity index (χ3n) is 1.92. The third kappa shape index (κ3) is 2.49. The van der Waals surface area contributed by atoms with E-state index in [4.69, 9.17) is 0 Å². The van der Waals surface area contributed by atoms with Crippen molar-refractivity contribution >= 4 is 43.2 Å². The number of halogens is 2. The van der Waals surface area contributed by atoms with Crippen LogP contribution in [0.5, 0.6) is 0 Å². The quantitative estimate of drug-likeness (QED) is 0.908. The van der Waals surface area contributed by atoms with Crippen molar-refractivity contribution in [3.8, 4) is 11.4 Å². The third-order valence-corrected chi connectivity index (χ3v) is 4.26. The van der Waals surface area contributed by atoms with Crippen LogP contribution in [0.3, 0.4) is 0 Å². The highest BCUT2D eigenvalue weighted by Gasteiger charge is 2.12. The molecular formula is C9H9Br2N3S. The number of aromatic amines is 1. The van der Waals surface area contributed by atoms with Gasteiger partial charge in [-0.05, 0) is 44.3 Å². The highest BCUT2D eigenvalue weighted by Crippen LogP contribution is 2.36. The fourth-order valence-corrected chi connectivity index (χ4v) is 4.05. The van der Waals surface area contributed by atoms with Gasteiger partial charge in [0.05, 0.1) is 7.57 Å². The summed E-state index contributed by atoms with van der Waals surface area (Å²) in [4.78, 5) is 4.43. The molecule has 0 amide bonds.